The lowest BCUT2D eigenvalue weighted by Gasteiger charge is -2.49. The third-order valence-corrected chi connectivity index (χ3v) is 5.24. The highest BCUT2D eigenvalue weighted by Crippen LogP contribution is 2.52. The summed E-state index contributed by atoms with van der Waals surface area (Å²) in [7, 11) is 0. The number of aliphatic carboxylic acids is 1. The molecule has 0 aromatic rings. The maximum absolute atomic E-state index is 11.1. The van der Waals surface area contributed by atoms with Gasteiger partial charge in [0, 0.05) is 5.57 Å². The Morgan fingerprint density at radius 3 is 2.57 bits per heavy atom. The maximum Gasteiger partial charge on any atom is 0.331 e. The van der Waals surface area contributed by atoms with Gasteiger partial charge in [-0.25, -0.2) is 4.79 Å². The third kappa shape index (κ3) is 1.14. The van der Waals surface area contributed by atoms with E-state index in [-0.39, 0.29) is 0 Å². The molecule has 4 aliphatic rings. The summed E-state index contributed by atoms with van der Waals surface area (Å²) in [6, 6.07) is 0. The standard InChI is InChI=1S/C11H14O2S/c12-11(13)9-3-6-1-7-4-14-5-8(2-6)10(7)9/h3,6-8,10H,1-2,4-5H2,(H,12,13). The first-order chi connectivity index (χ1) is 6.75. The normalized spacial score (nSPS) is 44.7. The molecule has 3 aliphatic carbocycles. The second-order valence-corrected chi connectivity index (χ2v) is 5.82. The van der Waals surface area contributed by atoms with Crippen LogP contribution in [0.25, 0.3) is 0 Å². The number of thioether (sulfide) groups is 1. The predicted molar refractivity (Wildman–Crippen MR) is 56.2 cm³/mol. The number of hydrogen-bond donors (Lipinski definition) is 1. The Hall–Kier alpha value is -0.440. The van der Waals surface area contributed by atoms with Gasteiger partial charge in [-0.3, -0.25) is 0 Å². The van der Waals surface area contributed by atoms with Gasteiger partial charge in [-0.05, 0) is 48.0 Å². The summed E-state index contributed by atoms with van der Waals surface area (Å²) in [6.45, 7) is 0. The summed E-state index contributed by atoms with van der Waals surface area (Å²) >= 11 is 2.02. The molecular formula is C11H14O2S. The van der Waals surface area contributed by atoms with Crippen molar-refractivity contribution < 1.29 is 9.90 Å². The van der Waals surface area contributed by atoms with Gasteiger partial charge in [0.1, 0.15) is 0 Å². The van der Waals surface area contributed by atoms with E-state index < -0.39 is 5.97 Å². The van der Waals surface area contributed by atoms with Crippen LogP contribution in [0.3, 0.4) is 0 Å². The van der Waals surface area contributed by atoms with Crippen molar-refractivity contribution in [1.82, 2.24) is 0 Å². The van der Waals surface area contributed by atoms with E-state index in [4.69, 9.17) is 5.11 Å². The van der Waals surface area contributed by atoms with E-state index in [0.717, 1.165) is 5.57 Å². The van der Waals surface area contributed by atoms with Crippen LogP contribution >= 0.6 is 11.8 Å². The van der Waals surface area contributed by atoms with Crippen LogP contribution < -0.4 is 0 Å². The lowest BCUT2D eigenvalue weighted by atomic mass is 9.60. The van der Waals surface area contributed by atoms with Crippen LogP contribution in [0.15, 0.2) is 11.6 Å². The number of carboxylic acids is 1. The first-order valence-corrected chi connectivity index (χ1v) is 6.44. The summed E-state index contributed by atoms with van der Waals surface area (Å²) in [5.74, 6) is 3.98. The molecule has 3 heteroatoms. The van der Waals surface area contributed by atoms with Crippen molar-refractivity contribution in [2.45, 2.75) is 12.8 Å². The molecule has 1 saturated heterocycles. The average Bonchev–Trinajstić information content (AvgIpc) is 2.16. The van der Waals surface area contributed by atoms with Gasteiger partial charge in [0.25, 0.3) is 0 Å². The van der Waals surface area contributed by atoms with Gasteiger partial charge in [0.2, 0.25) is 0 Å². The lowest BCUT2D eigenvalue weighted by molar-refractivity contribution is -0.134. The summed E-state index contributed by atoms with van der Waals surface area (Å²) in [4.78, 5) is 11.1. The fourth-order valence-corrected chi connectivity index (χ4v) is 4.92. The van der Waals surface area contributed by atoms with Crippen molar-refractivity contribution >= 4 is 17.7 Å². The zero-order valence-corrected chi connectivity index (χ0v) is 8.80. The molecule has 1 saturated carbocycles. The van der Waals surface area contributed by atoms with Crippen molar-refractivity contribution in [3.63, 3.8) is 0 Å². The largest absolute Gasteiger partial charge is 0.478 e. The van der Waals surface area contributed by atoms with E-state index >= 15 is 0 Å². The van der Waals surface area contributed by atoms with Crippen LogP contribution in [0, 0.1) is 23.7 Å². The Balaban J connectivity index is 1.99. The Labute approximate surface area is 87.8 Å². The predicted octanol–water partition coefficient (Wildman–Crippen LogP) is 2.02. The molecule has 4 bridgehead atoms. The van der Waals surface area contributed by atoms with Gasteiger partial charge >= 0.3 is 5.97 Å². The molecule has 2 unspecified atom stereocenters. The smallest absolute Gasteiger partial charge is 0.331 e. The fraction of sp³-hybridized carbons (Fsp3) is 0.727. The molecule has 1 N–H and O–H groups in total. The highest BCUT2D eigenvalue weighted by Gasteiger charge is 2.47. The van der Waals surface area contributed by atoms with Crippen LogP contribution in [-0.4, -0.2) is 22.6 Å². The average molecular weight is 210 g/mol. The third-order valence-electron chi connectivity index (χ3n) is 3.91. The van der Waals surface area contributed by atoms with Crippen LogP contribution in [0.2, 0.25) is 0 Å². The second-order valence-electron chi connectivity index (χ2n) is 4.74. The van der Waals surface area contributed by atoms with Crippen LogP contribution in [-0.2, 0) is 4.79 Å². The Morgan fingerprint density at radius 2 is 2.00 bits per heavy atom. The fourth-order valence-electron chi connectivity index (χ4n) is 3.49. The minimum Gasteiger partial charge on any atom is -0.478 e. The summed E-state index contributed by atoms with van der Waals surface area (Å²) < 4.78 is 0. The van der Waals surface area contributed by atoms with E-state index in [1.807, 2.05) is 17.8 Å². The minimum absolute atomic E-state index is 0.388. The van der Waals surface area contributed by atoms with E-state index in [2.05, 4.69) is 0 Å². The van der Waals surface area contributed by atoms with Crippen molar-refractivity contribution in [1.29, 1.82) is 0 Å². The number of hydrogen-bond acceptors (Lipinski definition) is 2. The van der Waals surface area contributed by atoms with Gasteiger partial charge in [0.05, 0.1) is 0 Å². The monoisotopic (exact) mass is 210 g/mol. The zero-order chi connectivity index (χ0) is 9.71. The Morgan fingerprint density at radius 1 is 1.36 bits per heavy atom. The molecule has 0 amide bonds. The van der Waals surface area contributed by atoms with Crippen molar-refractivity contribution in [3.05, 3.63) is 11.6 Å². The number of carboxylic acid groups (broad SMARTS) is 1. The topological polar surface area (TPSA) is 37.3 Å². The molecule has 1 aliphatic heterocycles. The van der Waals surface area contributed by atoms with Crippen molar-refractivity contribution in [2.24, 2.45) is 23.7 Å². The molecule has 0 aromatic carbocycles. The molecule has 4 rings (SSSR count). The second kappa shape index (κ2) is 3.02. The minimum atomic E-state index is -0.665. The molecule has 2 fully saturated rings. The number of carbonyl (C=O) groups is 1. The molecule has 76 valence electrons. The summed E-state index contributed by atoms with van der Waals surface area (Å²) in [5, 5.41) is 9.14. The first-order valence-electron chi connectivity index (χ1n) is 5.28. The molecule has 0 spiro atoms. The highest BCUT2D eigenvalue weighted by atomic mass is 32.2. The molecule has 2 atom stereocenters. The molecule has 2 nitrogen and oxygen atoms in total. The highest BCUT2D eigenvalue weighted by molar-refractivity contribution is 7.99. The molecule has 0 radical (unpaired) electrons. The van der Waals surface area contributed by atoms with Gasteiger partial charge in [-0.2, -0.15) is 11.8 Å². The molecule has 0 aromatic heterocycles. The van der Waals surface area contributed by atoms with Gasteiger partial charge in [-0.15, -0.1) is 0 Å². The van der Waals surface area contributed by atoms with Gasteiger partial charge in [0.15, 0.2) is 0 Å². The summed E-state index contributed by atoms with van der Waals surface area (Å²) in [5.41, 5.74) is 0.739. The van der Waals surface area contributed by atoms with Crippen molar-refractivity contribution in [2.75, 3.05) is 11.5 Å². The summed E-state index contributed by atoms with van der Waals surface area (Å²) in [6.07, 6.45) is 4.52. The number of allylic oxidation sites excluding steroid dienone is 1. The first kappa shape index (κ1) is 8.84. The lowest BCUT2D eigenvalue weighted by Crippen LogP contribution is -2.44. The van der Waals surface area contributed by atoms with Gasteiger partial charge < -0.3 is 5.11 Å². The molecular weight excluding hydrogens is 196 g/mol. The Bertz CT molecular complexity index is 296. The molecule has 1 heterocycles. The van der Waals surface area contributed by atoms with E-state index in [9.17, 15) is 4.79 Å². The van der Waals surface area contributed by atoms with Crippen LogP contribution in [0.4, 0.5) is 0 Å². The quantitative estimate of drug-likeness (QED) is 0.719. The Kier molecular flexibility index (Phi) is 1.91. The van der Waals surface area contributed by atoms with E-state index in [1.165, 1.54) is 24.3 Å². The number of rotatable bonds is 1. The zero-order valence-electron chi connectivity index (χ0n) is 7.98. The SMILES string of the molecule is O=C(O)C1=CC2CC3CSCC(C2)C13. The molecule has 14 heavy (non-hydrogen) atoms. The van der Waals surface area contributed by atoms with Crippen molar-refractivity contribution in [3.8, 4) is 0 Å². The van der Waals surface area contributed by atoms with Crippen LogP contribution in [0.5, 0.6) is 0 Å². The van der Waals surface area contributed by atoms with Crippen LogP contribution in [0.1, 0.15) is 12.8 Å². The maximum atomic E-state index is 11.1. The van der Waals surface area contributed by atoms with Gasteiger partial charge in [-0.1, -0.05) is 6.08 Å². The van der Waals surface area contributed by atoms with E-state index in [0.29, 0.717) is 23.7 Å². The van der Waals surface area contributed by atoms with E-state index in [1.54, 1.807) is 0 Å².